The van der Waals surface area contributed by atoms with E-state index in [-0.39, 0.29) is 0 Å². The van der Waals surface area contributed by atoms with Crippen molar-refractivity contribution < 1.29 is 0 Å². The summed E-state index contributed by atoms with van der Waals surface area (Å²) in [6, 6.07) is 75.6. The van der Waals surface area contributed by atoms with Crippen molar-refractivity contribution in [1.29, 1.82) is 0 Å². The third-order valence-electron chi connectivity index (χ3n) is 12.6. The molecule has 0 saturated heterocycles. The van der Waals surface area contributed by atoms with Gasteiger partial charge in [-0.2, -0.15) is 0 Å². The first-order chi connectivity index (χ1) is 29.7. The molecule has 0 fully saturated rings. The van der Waals surface area contributed by atoms with Crippen molar-refractivity contribution in [1.82, 2.24) is 9.38 Å². The summed E-state index contributed by atoms with van der Waals surface area (Å²) in [7, 11) is 0. The number of hydrogen-bond acceptors (Lipinski definition) is 2. The zero-order valence-corrected chi connectivity index (χ0v) is 33.2. The quantitative estimate of drug-likeness (QED) is 0.163. The summed E-state index contributed by atoms with van der Waals surface area (Å²) >= 11 is 1.85. The van der Waals surface area contributed by atoms with Crippen LogP contribution in [0.1, 0.15) is 0 Å². The van der Waals surface area contributed by atoms with Gasteiger partial charge < -0.3 is 0 Å². The number of pyridine rings is 1. The third kappa shape index (κ3) is 5.03. The van der Waals surface area contributed by atoms with Crippen molar-refractivity contribution in [2.45, 2.75) is 0 Å². The van der Waals surface area contributed by atoms with Crippen molar-refractivity contribution in [2.75, 3.05) is 0 Å². The van der Waals surface area contributed by atoms with Crippen LogP contribution in [0.5, 0.6) is 0 Å². The summed E-state index contributed by atoms with van der Waals surface area (Å²) in [5.41, 5.74) is 12.8. The fourth-order valence-corrected chi connectivity index (χ4v) is 10.8. The Morgan fingerprint density at radius 3 is 1.65 bits per heavy atom. The molecule has 0 aliphatic rings. The highest BCUT2D eigenvalue weighted by molar-refractivity contribution is 7.26. The Morgan fingerprint density at radius 1 is 0.367 bits per heavy atom. The lowest BCUT2D eigenvalue weighted by atomic mass is 9.91. The monoisotopic (exact) mass is 778 g/mol. The normalized spacial score (nSPS) is 12.0. The molecule has 0 aliphatic carbocycles. The van der Waals surface area contributed by atoms with Crippen molar-refractivity contribution >= 4 is 91.3 Å². The highest BCUT2D eigenvalue weighted by Crippen LogP contribution is 2.45. The largest absolute Gasteiger partial charge is 0.291 e. The summed E-state index contributed by atoms with van der Waals surface area (Å²) in [4.78, 5) is 5.57. The highest BCUT2D eigenvalue weighted by atomic mass is 32.1. The summed E-state index contributed by atoms with van der Waals surface area (Å²) in [5, 5.41) is 12.4. The first-order valence-electron chi connectivity index (χ1n) is 20.5. The average Bonchev–Trinajstić information content (AvgIpc) is 3.90. The van der Waals surface area contributed by atoms with Crippen LogP contribution >= 0.6 is 11.3 Å². The minimum Gasteiger partial charge on any atom is -0.291 e. The van der Waals surface area contributed by atoms with E-state index in [0.29, 0.717) is 0 Å². The van der Waals surface area contributed by atoms with Gasteiger partial charge in [-0.1, -0.05) is 176 Å². The number of fused-ring (bicyclic) bond motifs is 13. The van der Waals surface area contributed by atoms with Crippen LogP contribution in [-0.4, -0.2) is 9.38 Å². The maximum absolute atomic E-state index is 5.57. The van der Waals surface area contributed by atoms with E-state index >= 15 is 0 Å². The van der Waals surface area contributed by atoms with Crippen LogP contribution in [0, 0.1) is 0 Å². The molecule has 0 bridgehead atoms. The lowest BCUT2D eigenvalue weighted by molar-refractivity contribution is 1.25. The van der Waals surface area contributed by atoms with E-state index in [1.54, 1.807) is 0 Å². The van der Waals surface area contributed by atoms with Crippen molar-refractivity contribution in [3.05, 3.63) is 206 Å². The number of aromatic nitrogens is 2. The maximum atomic E-state index is 5.57. The Labute approximate surface area is 349 Å². The van der Waals surface area contributed by atoms with E-state index in [1.165, 1.54) is 96.6 Å². The molecular weight excluding hydrogens is 745 g/mol. The van der Waals surface area contributed by atoms with Crippen LogP contribution < -0.4 is 0 Å². The second kappa shape index (κ2) is 13.0. The Kier molecular flexibility index (Phi) is 7.21. The number of benzene rings is 10. The first-order valence-corrected chi connectivity index (χ1v) is 21.3. The van der Waals surface area contributed by atoms with Gasteiger partial charge in [0.05, 0.1) is 21.4 Å². The molecule has 0 saturated carbocycles. The van der Waals surface area contributed by atoms with E-state index < -0.39 is 0 Å². The van der Waals surface area contributed by atoms with Crippen LogP contribution in [0.4, 0.5) is 0 Å². The third-order valence-corrected chi connectivity index (χ3v) is 13.7. The Morgan fingerprint density at radius 2 is 0.933 bits per heavy atom. The molecule has 13 rings (SSSR count). The van der Waals surface area contributed by atoms with Gasteiger partial charge in [0.25, 0.3) is 0 Å². The van der Waals surface area contributed by atoms with Crippen molar-refractivity contribution in [2.24, 2.45) is 0 Å². The standard InChI is InChI=1S/C57H34N2S/c1-2-10-35(11-3-1)36-18-20-38(21-19-36)44-28-29-45(48-17-9-8-16-47(44)48)39-22-24-40(25-23-39)52-34-50-54-46-15-7-6-12-37(46)27-31-53(54)60-56(50)57-58-55-49-33-42-14-5-4-13-41(42)32-43(49)26-30-51(55)59(52)57/h1-34H. The molecule has 0 spiro atoms. The minimum atomic E-state index is 1.01. The smallest absolute Gasteiger partial charge is 0.156 e. The van der Waals surface area contributed by atoms with Gasteiger partial charge in [0.2, 0.25) is 0 Å². The van der Waals surface area contributed by atoms with E-state index in [4.69, 9.17) is 4.98 Å². The Hall–Kier alpha value is -7.59. The second-order valence-corrected chi connectivity index (χ2v) is 16.9. The fourth-order valence-electron chi connectivity index (χ4n) is 9.66. The molecule has 2 nitrogen and oxygen atoms in total. The van der Waals surface area contributed by atoms with Crippen LogP contribution in [0.15, 0.2) is 206 Å². The number of hydrogen-bond donors (Lipinski definition) is 0. The zero-order valence-electron chi connectivity index (χ0n) is 32.4. The van der Waals surface area contributed by atoms with E-state index in [9.17, 15) is 0 Å². The lowest BCUT2D eigenvalue weighted by Gasteiger charge is -2.14. The van der Waals surface area contributed by atoms with E-state index in [2.05, 4.69) is 211 Å². The van der Waals surface area contributed by atoms with Crippen LogP contribution in [0.2, 0.25) is 0 Å². The number of rotatable bonds is 4. The van der Waals surface area contributed by atoms with Gasteiger partial charge in [-0.05, 0) is 107 Å². The van der Waals surface area contributed by atoms with Crippen LogP contribution in [0.3, 0.4) is 0 Å². The molecule has 0 atom stereocenters. The van der Waals surface area contributed by atoms with Gasteiger partial charge in [-0.15, -0.1) is 11.3 Å². The van der Waals surface area contributed by atoms with Gasteiger partial charge in [0.1, 0.15) is 0 Å². The summed E-state index contributed by atoms with van der Waals surface area (Å²) in [5.74, 6) is 0. The van der Waals surface area contributed by atoms with E-state index in [1.807, 2.05) is 11.3 Å². The molecular formula is C57H34N2S. The molecule has 0 aliphatic heterocycles. The summed E-state index contributed by atoms with van der Waals surface area (Å²) < 4.78 is 4.91. The molecule has 0 N–H and O–H groups in total. The number of thiophene rings is 1. The molecule has 0 radical (unpaired) electrons. The fraction of sp³-hybridized carbons (Fsp3) is 0. The first kappa shape index (κ1) is 33.4. The van der Waals surface area contributed by atoms with Gasteiger partial charge in [-0.25, -0.2) is 4.98 Å². The predicted octanol–water partition coefficient (Wildman–Crippen LogP) is 16.1. The summed E-state index contributed by atoms with van der Waals surface area (Å²) in [6.45, 7) is 0. The second-order valence-electron chi connectivity index (χ2n) is 15.9. The average molecular weight is 779 g/mol. The highest BCUT2D eigenvalue weighted by Gasteiger charge is 2.20. The van der Waals surface area contributed by atoms with E-state index in [0.717, 1.165) is 27.9 Å². The number of imidazole rings is 1. The Bertz CT molecular complexity index is 3860. The van der Waals surface area contributed by atoms with Crippen molar-refractivity contribution in [3.63, 3.8) is 0 Å². The topological polar surface area (TPSA) is 17.3 Å². The Balaban J connectivity index is 0.995. The van der Waals surface area contributed by atoms with Gasteiger partial charge >= 0.3 is 0 Å². The molecule has 0 amide bonds. The minimum absolute atomic E-state index is 1.01. The van der Waals surface area contributed by atoms with Crippen molar-refractivity contribution in [3.8, 4) is 44.6 Å². The molecule has 3 aromatic heterocycles. The summed E-state index contributed by atoms with van der Waals surface area (Å²) in [6.07, 6.45) is 0. The van der Waals surface area contributed by atoms with Crippen LogP contribution in [0.25, 0.3) is 125 Å². The molecule has 10 aromatic carbocycles. The predicted molar refractivity (Wildman–Crippen MR) is 257 cm³/mol. The molecule has 3 heteroatoms. The van der Waals surface area contributed by atoms with Gasteiger partial charge in [-0.3, -0.25) is 4.40 Å². The molecule has 278 valence electrons. The van der Waals surface area contributed by atoms with Gasteiger partial charge in [0.15, 0.2) is 5.65 Å². The zero-order chi connectivity index (χ0) is 39.3. The molecule has 0 unspecified atom stereocenters. The molecule has 13 aromatic rings. The van der Waals surface area contributed by atoms with Crippen LogP contribution in [-0.2, 0) is 0 Å². The van der Waals surface area contributed by atoms with Gasteiger partial charge in [0, 0.05) is 20.9 Å². The molecule has 60 heavy (non-hydrogen) atoms. The maximum Gasteiger partial charge on any atom is 0.156 e. The lowest BCUT2D eigenvalue weighted by Crippen LogP contribution is -1.93. The SMILES string of the molecule is c1ccc(-c2ccc(-c3ccc(-c4ccc(-c5cc6c(sc7ccc8ccccc8c76)c6nc7c8cc9ccccc9cc8ccc7n56)cc4)c4ccccc34)cc2)cc1. The molecule has 3 heterocycles. The number of nitrogens with zero attached hydrogens (tertiary/aromatic N) is 2.